The first-order chi connectivity index (χ1) is 12.1. The van der Waals surface area contributed by atoms with Crippen molar-refractivity contribution < 1.29 is 0 Å². The lowest BCUT2D eigenvalue weighted by Gasteiger charge is -2.09. The molecule has 3 aromatic heterocycles. The molecule has 3 heterocycles. The maximum Gasteiger partial charge on any atom is 0.139 e. The van der Waals surface area contributed by atoms with Gasteiger partial charge >= 0.3 is 0 Å². The second-order valence-electron chi connectivity index (χ2n) is 6.05. The summed E-state index contributed by atoms with van der Waals surface area (Å²) >= 11 is 1.66. The lowest BCUT2D eigenvalue weighted by molar-refractivity contribution is 0.738. The van der Waals surface area contributed by atoms with Crippen LogP contribution in [0, 0.1) is 13.8 Å². The Kier molecular flexibility index (Phi) is 3.97. The lowest BCUT2D eigenvalue weighted by Crippen LogP contribution is -2.05. The van der Waals surface area contributed by atoms with E-state index >= 15 is 0 Å². The molecular formula is C19H19N5S. The molecule has 0 amide bonds. The molecule has 5 nitrogen and oxygen atoms in total. The number of benzene rings is 1. The summed E-state index contributed by atoms with van der Waals surface area (Å²) in [6.07, 6.45) is 1.90. The zero-order valence-electron chi connectivity index (χ0n) is 14.4. The molecule has 0 unspecified atom stereocenters. The fourth-order valence-corrected chi connectivity index (χ4v) is 3.90. The van der Waals surface area contributed by atoms with E-state index in [9.17, 15) is 0 Å². The zero-order valence-corrected chi connectivity index (χ0v) is 15.3. The predicted octanol–water partition coefficient (Wildman–Crippen LogP) is 4.32. The largest absolute Gasteiger partial charge is 0.365 e. The fraction of sp³-hybridized carbons (Fsp3) is 0.211. The Hall–Kier alpha value is -2.73. The van der Waals surface area contributed by atoms with Crippen LogP contribution in [0.1, 0.15) is 17.1 Å². The number of thiophene rings is 1. The highest BCUT2D eigenvalue weighted by Crippen LogP contribution is 2.37. The smallest absolute Gasteiger partial charge is 0.139 e. The Morgan fingerprint density at radius 2 is 1.92 bits per heavy atom. The van der Waals surface area contributed by atoms with Gasteiger partial charge in [-0.15, -0.1) is 11.3 Å². The molecule has 0 aliphatic carbocycles. The van der Waals surface area contributed by atoms with Crippen LogP contribution in [0.25, 0.3) is 21.3 Å². The summed E-state index contributed by atoms with van der Waals surface area (Å²) in [6, 6.07) is 10.4. The summed E-state index contributed by atoms with van der Waals surface area (Å²) in [4.78, 5) is 10.3. The topological polar surface area (TPSA) is 55.6 Å². The highest BCUT2D eigenvalue weighted by Gasteiger charge is 2.14. The molecule has 4 aromatic rings. The molecule has 0 bridgehead atoms. The molecule has 1 N–H and O–H groups in total. The first kappa shape index (κ1) is 15.8. The quantitative estimate of drug-likeness (QED) is 0.596. The number of nitrogens with zero attached hydrogens (tertiary/aromatic N) is 4. The van der Waals surface area contributed by atoms with Crippen molar-refractivity contribution in [2.75, 3.05) is 5.32 Å². The Bertz CT molecular complexity index is 1030. The van der Waals surface area contributed by atoms with E-state index in [4.69, 9.17) is 0 Å². The van der Waals surface area contributed by atoms with Crippen LogP contribution in [-0.4, -0.2) is 19.7 Å². The zero-order chi connectivity index (χ0) is 17.4. The summed E-state index contributed by atoms with van der Waals surface area (Å²) in [5.41, 5.74) is 4.68. The van der Waals surface area contributed by atoms with Gasteiger partial charge in [-0.25, -0.2) is 9.97 Å². The predicted molar refractivity (Wildman–Crippen MR) is 103 cm³/mol. The van der Waals surface area contributed by atoms with Crippen molar-refractivity contribution in [1.29, 1.82) is 0 Å². The van der Waals surface area contributed by atoms with Gasteiger partial charge in [0.15, 0.2) is 0 Å². The Morgan fingerprint density at radius 3 is 2.64 bits per heavy atom. The third kappa shape index (κ3) is 2.89. The summed E-state index contributed by atoms with van der Waals surface area (Å²) in [5, 5.41) is 11.1. The van der Waals surface area contributed by atoms with Crippen LogP contribution >= 0.6 is 11.3 Å². The molecule has 0 aliphatic rings. The standard InChI is InChI=1S/C19H19N5S/c1-12-15(10-21-24(12)3)9-20-18-17-16(14-7-5-4-6-8-14)11-25-19(17)23-13(2)22-18/h4-8,10-11H,9H2,1-3H3,(H,20,22,23). The number of anilines is 1. The van der Waals surface area contributed by atoms with Gasteiger partial charge in [-0.05, 0) is 19.4 Å². The molecule has 0 aliphatic heterocycles. The van der Waals surface area contributed by atoms with Gasteiger partial charge < -0.3 is 5.32 Å². The van der Waals surface area contributed by atoms with Gasteiger partial charge in [0.05, 0.1) is 11.6 Å². The van der Waals surface area contributed by atoms with Gasteiger partial charge in [0.1, 0.15) is 16.5 Å². The number of aryl methyl sites for hydroxylation is 2. The monoisotopic (exact) mass is 349 g/mol. The number of hydrogen-bond acceptors (Lipinski definition) is 5. The van der Waals surface area contributed by atoms with Gasteiger partial charge in [-0.1, -0.05) is 30.3 Å². The maximum atomic E-state index is 4.67. The van der Waals surface area contributed by atoms with Crippen molar-refractivity contribution in [3.8, 4) is 11.1 Å². The first-order valence-corrected chi connectivity index (χ1v) is 9.04. The lowest BCUT2D eigenvalue weighted by atomic mass is 10.1. The summed E-state index contributed by atoms with van der Waals surface area (Å²) in [5.74, 6) is 1.66. The average Bonchev–Trinajstić information content (AvgIpc) is 3.18. The number of rotatable bonds is 4. The Morgan fingerprint density at radius 1 is 1.12 bits per heavy atom. The number of aromatic nitrogens is 4. The van der Waals surface area contributed by atoms with Crippen LogP contribution in [-0.2, 0) is 13.6 Å². The van der Waals surface area contributed by atoms with Crippen molar-refractivity contribution in [2.24, 2.45) is 7.05 Å². The van der Waals surface area contributed by atoms with Gasteiger partial charge in [-0.2, -0.15) is 5.10 Å². The average molecular weight is 349 g/mol. The Labute approximate surface area is 150 Å². The summed E-state index contributed by atoms with van der Waals surface area (Å²) < 4.78 is 1.89. The van der Waals surface area contributed by atoms with E-state index in [-0.39, 0.29) is 0 Å². The second-order valence-corrected chi connectivity index (χ2v) is 6.91. The Balaban J connectivity index is 1.77. The van der Waals surface area contributed by atoms with Crippen LogP contribution in [0.15, 0.2) is 41.9 Å². The normalized spacial score (nSPS) is 11.2. The highest BCUT2D eigenvalue weighted by molar-refractivity contribution is 7.17. The maximum absolute atomic E-state index is 4.67. The van der Waals surface area contributed by atoms with E-state index in [2.05, 4.69) is 57.0 Å². The van der Waals surface area contributed by atoms with Crippen molar-refractivity contribution in [1.82, 2.24) is 19.7 Å². The van der Waals surface area contributed by atoms with Crippen LogP contribution in [0.4, 0.5) is 5.82 Å². The summed E-state index contributed by atoms with van der Waals surface area (Å²) in [6.45, 7) is 4.70. The van der Waals surface area contributed by atoms with E-state index in [0.717, 1.165) is 27.6 Å². The van der Waals surface area contributed by atoms with Crippen molar-refractivity contribution in [2.45, 2.75) is 20.4 Å². The van der Waals surface area contributed by atoms with E-state index < -0.39 is 0 Å². The van der Waals surface area contributed by atoms with Gasteiger partial charge in [-0.3, -0.25) is 4.68 Å². The summed E-state index contributed by atoms with van der Waals surface area (Å²) in [7, 11) is 1.96. The minimum atomic E-state index is 0.690. The van der Waals surface area contributed by atoms with Crippen molar-refractivity contribution in [3.05, 3.63) is 59.0 Å². The minimum absolute atomic E-state index is 0.690. The van der Waals surface area contributed by atoms with E-state index in [1.54, 1.807) is 11.3 Å². The second kappa shape index (κ2) is 6.29. The molecular weight excluding hydrogens is 330 g/mol. The third-order valence-electron chi connectivity index (χ3n) is 4.41. The number of hydrogen-bond donors (Lipinski definition) is 1. The van der Waals surface area contributed by atoms with Crippen molar-refractivity contribution >= 4 is 27.4 Å². The SMILES string of the molecule is Cc1nc(NCc2cnn(C)c2C)c2c(-c3ccccc3)csc2n1. The van der Waals surface area contributed by atoms with Crippen LogP contribution in [0.2, 0.25) is 0 Å². The first-order valence-electron chi connectivity index (χ1n) is 8.16. The van der Waals surface area contributed by atoms with E-state index in [1.165, 1.54) is 16.7 Å². The number of fused-ring (bicyclic) bond motifs is 1. The molecule has 6 heteroatoms. The van der Waals surface area contributed by atoms with Gasteiger partial charge in [0, 0.05) is 35.8 Å². The molecule has 0 radical (unpaired) electrons. The van der Waals surface area contributed by atoms with Gasteiger partial charge in [0.2, 0.25) is 0 Å². The van der Waals surface area contributed by atoms with E-state index in [1.807, 2.05) is 30.9 Å². The molecule has 1 aromatic carbocycles. The fourth-order valence-electron chi connectivity index (χ4n) is 2.90. The molecule has 0 spiro atoms. The van der Waals surface area contributed by atoms with Gasteiger partial charge in [0.25, 0.3) is 0 Å². The van der Waals surface area contributed by atoms with Crippen LogP contribution < -0.4 is 5.32 Å². The molecule has 0 atom stereocenters. The molecule has 126 valence electrons. The van der Waals surface area contributed by atoms with Crippen LogP contribution in [0.3, 0.4) is 0 Å². The van der Waals surface area contributed by atoms with E-state index in [0.29, 0.717) is 6.54 Å². The van der Waals surface area contributed by atoms with Crippen LogP contribution in [0.5, 0.6) is 0 Å². The molecule has 0 fully saturated rings. The number of nitrogens with one attached hydrogen (secondary N) is 1. The minimum Gasteiger partial charge on any atom is -0.365 e. The molecule has 0 saturated heterocycles. The highest BCUT2D eigenvalue weighted by atomic mass is 32.1. The third-order valence-corrected chi connectivity index (χ3v) is 5.29. The van der Waals surface area contributed by atoms with Crippen molar-refractivity contribution in [3.63, 3.8) is 0 Å². The molecule has 25 heavy (non-hydrogen) atoms. The molecule has 4 rings (SSSR count). The molecule has 0 saturated carbocycles.